The minimum atomic E-state index is -2.41. The summed E-state index contributed by atoms with van der Waals surface area (Å²) in [5, 5.41) is 3.33. The van der Waals surface area contributed by atoms with Gasteiger partial charge in [0, 0.05) is 30.6 Å². The van der Waals surface area contributed by atoms with E-state index in [0.29, 0.717) is 13.0 Å². The minimum absolute atomic E-state index is 0.0452. The van der Waals surface area contributed by atoms with Gasteiger partial charge in [0.15, 0.2) is 0 Å². The van der Waals surface area contributed by atoms with E-state index in [0.717, 1.165) is 18.5 Å². The molecule has 1 unspecified atom stereocenters. The van der Waals surface area contributed by atoms with Crippen LogP contribution < -0.4 is 5.32 Å². The van der Waals surface area contributed by atoms with Crippen LogP contribution in [0.4, 0.5) is 8.78 Å². The molecule has 0 aliphatic rings. The molecule has 1 aromatic heterocycles. The Morgan fingerprint density at radius 2 is 2.06 bits per heavy atom. The van der Waals surface area contributed by atoms with Crippen molar-refractivity contribution < 1.29 is 13.5 Å². The number of hydrogen-bond acceptors (Lipinski definition) is 4. The molecule has 1 aromatic rings. The van der Waals surface area contributed by atoms with E-state index in [1.165, 1.54) is 6.33 Å². The Kier molecular flexibility index (Phi) is 7.36. The lowest BCUT2D eigenvalue weighted by Gasteiger charge is -2.18. The lowest BCUT2D eigenvalue weighted by Crippen LogP contribution is -2.24. The average molecular weight is 259 g/mol. The summed E-state index contributed by atoms with van der Waals surface area (Å²) >= 11 is 0. The predicted molar refractivity (Wildman–Crippen MR) is 64.5 cm³/mol. The van der Waals surface area contributed by atoms with E-state index in [2.05, 4.69) is 22.2 Å². The van der Waals surface area contributed by atoms with E-state index in [-0.39, 0.29) is 6.04 Å². The molecule has 102 valence electrons. The van der Waals surface area contributed by atoms with Crippen LogP contribution >= 0.6 is 0 Å². The van der Waals surface area contributed by atoms with Crippen LogP contribution in [-0.2, 0) is 4.74 Å². The van der Waals surface area contributed by atoms with Gasteiger partial charge in [-0.3, -0.25) is 0 Å². The quantitative estimate of drug-likeness (QED) is 0.691. The third-order valence-corrected chi connectivity index (χ3v) is 2.42. The Balaban J connectivity index is 2.41. The molecule has 1 rings (SSSR count). The van der Waals surface area contributed by atoms with Gasteiger partial charge in [0.05, 0.1) is 0 Å². The third-order valence-electron chi connectivity index (χ3n) is 2.42. The first kappa shape index (κ1) is 14.9. The molecule has 0 spiro atoms. The largest absolute Gasteiger partial charge is 0.375 e. The standard InChI is InChI=1S/C12H19F2N3O/c1-2-4-17-11(3-5-18-8-12(13)14)10-6-15-9-16-7-10/h6-7,9,11-12,17H,2-5,8H2,1H3. The van der Waals surface area contributed by atoms with Crippen molar-refractivity contribution in [3.8, 4) is 0 Å². The zero-order chi connectivity index (χ0) is 13.2. The van der Waals surface area contributed by atoms with E-state index in [4.69, 9.17) is 4.74 Å². The Bertz CT molecular complexity index is 311. The molecule has 0 amide bonds. The van der Waals surface area contributed by atoms with Gasteiger partial charge in [-0.1, -0.05) is 6.92 Å². The zero-order valence-corrected chi connectivity index (χ0v) is 10.5. The Labute approximate surface area is 106 Å². The van der Waals surface area contributed by atoms with Gasteiger partial charge in [0.1, 0.15) is 12.9 Å². The summed E-state index contributed by atoms with van der Waals surface area (Å²) in [4.78, 5) is 7.92. The molecular formula is C12H19F2N3O. The van der Waals surface area contributed by atoms with Crippen molar-refractivity contribution >= 4 is 0 Å². The third kappa shape index (κ3) is 5.97. The molecule has 1 heterocycles. The monoisotopic (exact) mass is 259 g/mol. The lowest BCUT2D eigenvalue weighted by molar-refractivity contribution is 0.0143. The van der Waals surface area contributed by atoms with Crippen molar-refractivity contribution in [1.29, 1.82) is 0 Å². The normalized spacial score (nSPS) is 12.9. The van der Waals surface area contributed by atoms with Crippen molar-refractivity contribution in [2.75, 3.05) is 19.8 Å². The first-order valence-corrected chi connectivity index (χ1v) is 6.08. The highest BCUT2D eigenvalue weighted by Gasteiger charge is 2.11. The highest BCUT2D eigenvalue weighted by Crippen LogP contribution is 2.14. The molecule has 0 aromatic carbocycles. The van der Waals surface area contributed by atoms with E-state index in [1.807, 2.05) is 0 Å². The van der Waals surface area contributed by atoms with Gasteiger partial charge in [-0.2, -0.15) is 0 Å². The Hall–Kier alpha value is -1.14. The van der Waals surface area contributed by atoms with Gasteiger partial charge >= 0.3 is 0 Å². The van der Waals surface area contributed by atoms with Gasteiger partial charge in [-0.25, -0.2) is 18.7 Å². The highest BCUT2D eigenvalue weighted by atomic mass is 19.3. The summed E-state index contributed by atoms with van der Waals surface area (Å²) < 4.78 is 28.7. The molecule has 0 aliphatic carbocycles. The summed E-state index contributed by atoms with van der Waals surface area (Å²) in [5.41, 5.74) is 0.951. The van der Waals surface area contributed by atoms with Crippen LogP contribution in [0.3, 0.4) is 0 Å². The van der Waals surface area contributed by atoms with E-state index >= 15 is 0 Å². The second kappa shape index (κ2) is 8.88. The molecule has 0 radical (unpaired) electrons. The molecule has 0 aliphatic heterocycles. The SMILES string of the molecule is CCCNC(CCOCC(F)F)c1cncnc1. The van der Waals surface area contributed by atoms with Gasteiger partial charge in [0.25, 0.3) is 6.43 Å². The maximum absolute atomic E-state index is 11.9. The van der Waals surface area contributed by atoms with Gasteiger partial charge in [0.2, 0.25) is 0 Å². The Morgan fingerprint density at radius 1 is 1.33 bits per heavy atom. The van der Waals surface area contributed by atoms with Crippen LogP contribution in [-0.4, -0.2) is 36.2 Å². The number of halogens is 2. The number of nitrogens with one attached hydrogen (secondary N) is 1. The maximum Gasteiger partial charge on any atom is 0.261 e. The minimum Gasteiger partial charge on any atom is -0.375 e. The first-order chi connectivity index (χ1) is 8.74. The summed E-state index contributed by atoms with van der Waals surface area (Å²) in [6.07, 6.45) is 4.14. The van der Waals surface area contributed by atoms with Crippen molar-refractivity contribution in [3.05, 3.63) is 24.3 Å². The number of ether oxygens (including phenoxy) is 1. The number of nitrogens with zero attached hydrogens (tertiary/aromatic N) is 2. The van der Waals surface area contributed by atoms with Crippen LogP contribution in [0.2, 0.25) is 0 Å². The van der Waals surface area contributed by atoms with Crippen LogP contribution in [0.5, 0.6) is 0 Å². The maximum atomic E-state index is 11.9. The molecule has 0 fully saturated rings. The Morgan fingerprint density at radius 3 is 2.67 bits per heavy atom. The molecular weight excluding hydrogens is 240 g/mol. The smallest absolute Gasteiger partial charge is 0.261 e. The number of aromatic nitrogens is 2. The molecule has 0 saturated heterocycles. The predicted octanol–water partition coefficient (Wildman–Crippen LogP) is 2.19. The van der Waals surface area contributed by atoms with E-state index in [9.17, 15) is 8.78 Å². The molecule has 0 saturated carbocycles. The van der Waals surface area contributed by atoms with Crippen LogP contribution in [0.1, 0.15) is 31.4 Å². The summed E-state index contributed by atoms with van der Waals surface area (Å²) in [6, 6.07) is 0.0452. The summed E-state index contributed by atoms with van der Waals surface area (Å²) in [7, 11) is 0. The molecule has 1 N–H and O–H groups in total. The fourth-order valence-electron chi connectivity index (χ4n) is 1.57. The van der Waals surface area contributed by atoms with Crippen molar-refractivity contribution in [2.24, 2.45) is 0 Å². The molecule has 18 heavy (non-hydrogen) atoms. The van der Waals surface area contributed by atoms with E-state index < -0.39 is 13.0 Å². The summed E-state index contributed by atoms with van der Waals surface area (Å²) in [5.74, 6) is 0. The number of rotatable bonds is 9. The topological polar surface area (TPSA) is 47.0 Å². The van der Waals surface area contributed by atoms with Crippen LogP contribution in [0, 0.1) is 0 Å². The van der Waals surface area contributed by atoms with Gasteiger partial charge in [-0.15, -0.1) is 0 Å². The number of alkyl halides is 2. The van der Waals surface area contributed by atoms with Gasteiger partial charge < -0.3 is 10.1 Å². The van der Waals surface area contributed by atoms with Crippen LogP contribution in [0.15, 0.2) is 18.7 Å². The van der Waals surface area contributed by atoms with Gasteiger partial charge in [-0.05, 0) is 19.4 Å². The van der Waals surface area contributed by atoms with Crippen molar-refractivity contribution in [1.82, 2.24) is 15.3 Å². The fourth-order valence-corrected chi connectivity index (χ4v) is 1.57. The zero-order valence-electron chi connectivity index (χ0n) is 10.5. The summed E-state index contributed by atoms with van der Waals surface area (Å²) in [6.45, 7) is 2.71. The van der Waals surface area contributed by atoms with Crippen molar-refractivity contribution in [3.63, 3.8) is 0 Å². The van der Waals surface area contributed by atoms with E-state index in [1.54, 1.807) is 12.4 Å². The average Bonchev–Trinajstić information content (AvgIpc) is 2.38. The first-order valence-electron chi connectivity index (χ1n) is 6.08. The number of hydrogen-bond donors (Lipinski definition) is 1. The second-order valence-corrected chi connectivity index (χ2v) is 3.93. The second-order valence-electron chi connectivity index (χ2n) is 3.93. The van der Waals surface area contributed by atoms with Crippen molar-refractivity contribution in [2.45, 2.75) is 32.2 Å². The van der Waals surface area contributed by atoms with Crippen LogP contribution in [0.25, 0.3) is 0 Å². The fraction of sp³-hybridized carbons (Fsp3) is 0.667. The highest BCUT2D eigenvalue weighted by molar-refractivity contribution is 5.08. The molecule has 4 nitrogen and oxygen atoms in total. The molecule has 0 bridgehead atoms. The molecule has 6 heteroatoms. The molecule has 1 atom stereocenters. The lowest BCUT2D eigenvalue weighted by atomic mass is 10.1.